The van der Waals surface area contributed by atoms with Gasteiger partial charge in [0.05, 0.1) is 0 Å². The average Bonchev–Trinajstić information content (AvgIpc) is 2.49. The number of rotatable bonds is 5. The van der Waals surface area contributed by atoms with Gasteiger partial charge in [0.15, 0.2) is 0 Å². The van der Waals surface area contributed by atoms with Crippen LogP contribution in [0.4, 0.5) is 0 Å². The summed E-state index contributed by atoms with van der Waals surface area (Å²) in [4.78, 5) is 4.16. The van der Waals surface area contributed by atoms with Gasteiger partial charge in [-0.15, -0.1) is 11.3 Å². The van der Waals surface area contributed by atoms with Crippen molar-refractivity contribution in [2.75, 3.05) is 19.6 Å². The first kappa shape index (κ1) is 11.1. The normalized spacial score (nSPS) is 17.0. The highest BCUT2D eigenvalue weighted by Crippen LogP contribution is 2.20. The SMILES string of the molecule is CCCN(Cc1sccc1C)C1CNC1. The second-order valence-corrected chi connectivity index (χ2v) is 5.31. The molecule has 0 saturated carbocycles. The first-order valence-corrected chi connectivity index (χ1v) is 6.67. The highest BCUT2D eigenvalue weighted by molar-refractivity contribution is 7.10. The van der Waals surface area contributed by atoms with Gasteiger partial charge in [-0.2, -0.15) is 0 Å². The van der Waals surface area contributed by atoms with Crippen molar-refractivity contribution in [1.82, 2.24) is 10.2 Å². The van der Waals surface area contributed by atoms with Crippen LogP contribution in [0.2, 0.25) is 0 Å². The Morgan fingerprint density at radius 3 is 2.80 bits per heavy atom. The summed E-state index contributed by atoms with van der Waals surface area (Å²) in [6.07, 6.45) is 1.25. The summed E-state index contributed by atoms with van der Waals surface area (Å²) in [5.74, 6) is 0. The summed E-state index contributed by atoms with van der Waals surface area (Å²) in [7, 11) is 0. The molecule has 84 valence electrons. The highest BCUT2D eigenvalue weighted by atomic mass is 32.1. The van der Waals surface area contributed by atoms with E-state index in [9.17, 15) is 0 Å². The summed E-state index contributed by atoms with van der Waals surface area (Å²) in [6.45, 7) is 9.19. The molecule has 1 aromatic heterocycles. The maximum absolute atomic E-state index is 3.36. The van der Waals surface area contributed by atoms with E-state index in [1.807, 2.05) is 11.3 Å². The van der Waals surface area contributed by atoms with Crippen LogP contribution in [-0.2, 0) is 6.54 Å². The van der Waals surface area contributed by atoms with Gasteiger partial charge in [0.1, 0.15) is 0 Å². The van der Waals surface area contributed by atoms with Gasteiger partial charge in [0.25, 0.3) is 0 Å². The van der Waals surface area contributed by atoms with Crippen molar-refractivity contribution in [3.05, 3.63) is 21.9 Å². The zero-order valence-electron chi connectivity index (χ0n) is 9.62. The summed E-state index contributed by atoms with van der Waals surface area (Å²) < 4.78 is 0. The van der Waals surface area contributed by atoms with E-state index in [0.29, 0.717) is 0 Å². The molecule has 0 aliphatic carbocycles. The zero-order chi connectivity index (χ0) is 10.7. The van der Waals surface area contributed by atoms with Gasteiger partial charge < -0.3 is 5.32 Å². The van der Waals surface area contributed by atoms with E-state index in [1.165, 1.54) is 36.5 Å². The molecule has 1 saturated heterocycles. The summed E-state index contributed by atoms with van der Waals surface area (Å²) in [5.41, 5.74) is 1.45. The lowest BCUT2D eigenvalue weighted by Crippen LogP contribution is -2.56. The molecule has 2 heterocycles. The molecule has 0 aromatic carbocycles. The average molecular weight is 224 g/mol. The van der Waals surface area contributed by atoms with E-state index in [2.05, 4.69) is 35.5 Å². The Morgan fingerprint density at radius 1 is 1.53 bits per heavy atom. The topological polar surface area (TPSA) is 15.3 Å². The minimum Gasteiger partial charge on any atom is -0.314 e. The molecule has 2 rings (SSSR count). The fourth-order valence-electron chi connectivity index (χ4n) is 1.96. The van der Waals surface area contributed by atoms with Crippen LogP contribution in [0.15, 0.2) is 11.4 Å². The summed E-state index contributed by atoms with van der Waals surface area (Å²) in [6, 6.07) is 3.00. The third-order valence-electron chi connectivity index (χ3n) is 3.10. The third kappa shape index (κ3) is 2.60. The molecule has 0 radical (unpaired) electrons. The minimum atomic E-state index is 0.770. The number of hydrogen-bond donors (Lipinski definition) is 1. The highest BCUT2D eigenvalue weighted by Gasteiger charge is 2.24. The van der Waals surface area contributed by atoms with Crippen molar-refractivity contribution in [2.24, 2.45) is 0 Å². The molecule has 1 fully saturated rings. The van der Waals surface area contributed by atoms with Crippen molar-refractivity contribution in [1.29, 1.82) is 0 Å². The Balaban J connectivity index is 1.96. The molecule has 3 heteroatoms. The fraction of sp³-hybridized carbons (Fsp3) is 0.667. The lowest BCUT2D eigenvalue weighted by Gasteiger charge is -2.38. The minimum absolute atomic E-state index is 0.770. The van der Waals surface area contributed by atoms with Crippen LogP contribution >= 0.6 is 11.3 Å². The van der Waals surface area contributed by atoms with Crippen LogP contribution in [0.3, 0.4) is 0 Å². The Kier molecular flexibility index (Phi) is 3.78. The van der Waals surface area contributed by atoms with Crippen molar-refractivity contribution in [3.63, 3.8) is 0 Å². The van der Waals surface area contributed by atoms with Crippen molar-refractivity contribution in [2.45, 2.75) is 32.9 Å². The monoisotopic (exact) mass is 224 g/mol. The van der Waals surface area contributed by atoms with Gasteiger partial charge in [-0.1, -0.05) is 6.92 Å². The maximum Gasteiger partial charge on any atom is 0.0349 e. The van der Waals surface area contributed by atoms with Crippen LogP contribution in [0.1, 0.15) is 23.8 Å². The Morgan fingerprint density at radius 2 is 2.33 bits per heavy atom. The lowest BCUT2D eigenvalue weighted by atomic mass is 10.1. The van der Waals surface area contributed by atoms with Gasteiger partial charge in [-0.05, 0) is 36.9 Å². The Labute approximate surface area is 96.3 Å². The first-order valence-electron chi connectivity index (χ1n) is 5.79. The molecule has 0 unspecified atom stereocenters. The predicted molar refractivity (Wildman–Crippen MR) is 66.4 cm³/mol. The Hall–Kier alpha value is -0.380. The predicted octanol–water partition coefficient (Wildman–Crippen LogP) is 2.24. The lowest BCUT2D eigenvalue weighted by molar-refractivity contribution is 0.139. The van der Waals surface area contributed by atoms with Gasteiger partial charge in [0, 0.05) is 30.6 Å². The Bertz CT molecular complexity index is 304. The molecule has 1 N–H and O–H groups in total. The number of aryl methyl sites for hydroxylation is 1. The zero-order valence-corrected chi connectivity index (χ0v) is 10.4. The van der Waals surface area contributed by atoms with Gasteiger partial charge >= 0.3 is 0 Å². The summed E-state index contributed by atoms with van der Waals surface area (Å²) >= 11 is 1.89. The third-order valence-corrected chi connectivity index (χ3v) is 4.11. The molecule has 0 atom stereocenters. The molecule has 0 spiro atoms. The van der Waals surface area contributed by atoms with Crippen LogP contribution in [-0.4, -0.2) is 30.6 Å². The second kappa shape index (κ2) is 5.10. The largest absolute Gasteiger partial charge is 0.314 e. The van der Waals surface area contributed by atoms with Gasteiger partial charge in [-0.25, -0.2) is 0 Å². The van der Waals surface area contributed by atoms with Crippen LogP contribution in [0, 0.1) is 6.92 Å². The molecule has 15 heavy (non-hydrogen) atoms. The van der Waals surface area contributed by atoms with E-state index in [0.717, 1.165) is 12.6 Å². The molecular formula is C12H20N2S. The molecular weight excluding hydrogens is 204 g/mol. The fourth-order valence-corrected chi connectivity index (χ4v) is 2.89. The molecule has 1 aliphatic heterocycles. The van der Waals surface area contributed by atoms with Crippen molar-refractivity contribution >= 4 is 11.3 Å². The number of thiophene rings is 1. The van der Waals surface area contributed by atoms with E-state index in [4.69, 9.17) is 0 Å². The molecule has 2 nitrogen and oxygen atoms in total. The quantitative estimate of drug-likeness (QED) is 0.825. The molecule has 1 aliphatic rings. The van der Waals surface area contributed by atoms with Crippen LogP contribution < -0.4 is 5.32 Å². The van der Waals surface area contributed by atoms with Gasteiger partial charge in [0.2, 0.25) is 0 Å². The van der Waals surface area contributed by atoms with Crippen molar-refractivity contribution < 1.29 is 0 Å². The first-order chi connectivity index (χ1) is 7.31. The van der Waals surface area contributed by atoms with E-state index in [-0.39, 0.29) is 0 Å². The second-order valence-electron chi connectivity index (χ2n) is 4.31. The molecule has 1 aromatic rings. The van der Waals surface area contributed by atoms with Crippen LogP contribution in [0.25, 0.3) is 0 Å². The smallest absolute Gasteiger partial charge is 0.0349 e. The number of hydrogen-bond acceptors (Lipinski definition) is 3. The van der Waals surface area contributed by atoms with E-state index >= 15 is 0 Å². The van der Waals surface area contributed by atoms with Crippen molar-refractivity contribution in [3.8, 4) is 0 Å². The molecule has 0 bridgehead atoms. The van der Waals surface area contributed by atoms with E-state index in [1.54, 1.807) is 0 Å². The standard InChI is InChI=1S/C12H20N2S/c1-3-5-14(11-7-13-8-11)9-12-10(2)4-6-15-12/h4,6,11,13H,3,5,7-9H2,1-2H3. The van der Waals surface area contributed by atoms with Gasteiger partial charge in [-0.3, -0.25) is 4.90 Å². The number of nitrogens with one attached hydrogen (secondary N) is 1. The van der Waals surface area contributed by atoms with Crippen LogP contribution in [0.5, 0.6) is 0 Å². The molecule has 0 amide bonds. The number of nitrogens with zero attached hydrogens (tertiary/aromatic N) is 1. The maximum atomic E-state index is 3.36. The van der Waals surface area contributed by atoms with E-state index < -0.39 is 0 Å². The summed E-state index contributed by atoms with van der Waals surface area (Å²) in [5, 5.41) is 5.56.